The number of carbonyl (C=O) groups excluding carboxylic acids is 1. The lowest BCUT2D eigenvalue weighted by Gasteiger charge is -2.07. The number of hydrogen-bond donors (Lipinski definition) is 2. The monoisotopic (exact) mass is 452 g/mol. The van der Waals surface area contributed by atoms with Crippen LogP contribution >= 0.6 is 0 Å². The first kappa shape index (κ1) is 22.6. The number of carbonyl (C=O) groups is 1. The van der Waals surface area contributed by atoms with Crippen LogP contribution in [0.1, 0.15) is 27.0 Å². The maximum atomic E-state index is 12.4. The minimum Gasteiger partial charge on any atom is -0.322 e. The molecule has 2 N–H and O–H groups in total. The maximum absolute atomic E-state index is 12.4. The van der Waals surface area contributed by atoms with Gasteiger partial charge in [0.2, 0.25) is 0 Å². The molecule has 0 heterocycles. The lowest BCUT2D eigenvalue weighted by molar-refractivity contribution is -0.385. The van der Waals surface area contributed by atoms with E-state index in [1.807, 2.05) is 23.9 Å². The highest BCUT2D eigenvalue weighted by molar-refractivity contribution is 7.89. The molecule has 32 heavy (non-hydrogen) atoms. The number of nitrogens with one attached hydrogen (secondary N) is 2. The third kappa shape index (κ3) is 5.55. The zero-order chi connectivity index (χ0) is 23.3. The van der Waals surface area contributed by atoms with Crippen LogP contribution in [0.15, 0.2) is 76.7 Å². The van der Waals surface area contributed by atoms with Crippen LogP contribution in [0, 0.1) is 24.0 Å². The summed E-state index contributed by atoms with van der Waals surface area (Å²) in [6.07, 6.45) is 1.27. The Kier molecular flexibility index (Phi) is 6.64. The molecule has 1 amide bonds. The van der Waals surface area contributed by atoms with Crippen molar-refractivity contribution in [3.05, 3.63) is 99.1 Å². The largest absolute Gasteiger partial charge is 0.322 e. The lowest BCUT2D eigenvalue weighted by Crippen LogP contribution is -2.18. The van der Waals surface area contributed by atoms with E-state index in [0.29, 0.717) is 22.4 Å². The summed E-state index contributed by atoms with van der Waals surface area (Å²) >= 11 is 0. The number of nitrogens with zero attached hydrogens (tertiary/aromatic N) is 2. The van der Waals surface area contributed by atoms with Gasteiger partial charge in [0, 0.05) is 22.9 Å². The highest BCUT2D eigenvalue weighted by Crippen LogP contribution is 2.22. The van der Waals surface area contributed by atoms with Crippen molar-refractivity contribution < 1.29 is 18.1 Å². The summed E-state index contributed by atoms with van der Waals surface area (Å²) in [5, 5.41) is 17.5. The zero-order valence-electron chi connectivity index (χ0n) is 17.3. The number of nitro groups is 1. The molecule has 0 bridgehead atoms. The van der Waals surface area contributed by atoms with E-state index < -0.39 is 14.9 Å². The number of amides is 1. The second kappa shape index (κ2) is 9.40. The first-order valence-corrected chi connectivity index (χ1v) is 10.9. The number of sulfonamides is 1. The molecule has 0 atom stereocenters. The number of aryl methyl sites for hydroxylation is 2. The van der Waals surface area contributed by atoms with Gasteiger partial charge in [-0.25, -0.2) is 4.83 Å². The first-order valence-electron chi connectivity index (χ1n) is 9.44. The Labute approximate surface area is 185 Å². The number of anilines is 1. The molecule has 0 aliphatic carbocycles. The Hall–Kier alpha value is -4.05. The molecule has 0 radical (unpaired) electrons. The Morgan fingerprint density at radius 1 is 1.03 bits per heavy atom. The van der Waals surface area contributed by atoms with Crippen molar-refractivity contribution in [2.45, 2.75) is 18.7 Å². The van der Waals surface area contributed by atoms with Gasteiger partial charge in [0.15, 0.2) is 0 Å². The predicted octanol–water partition coefficient (Wildman–Crippen LogP) is 3.78. The molecule has 0 aliphatic heterocycles. The molecular weight excluding hydrogens is 432 g/mol. The SMILES string of the molecule is Cc1ccc(C(=O)Nc2cccc(/C=N/NS(=O)(=O)c3ccc(C)c([N+](=O)[O-])c3)c2)cc1. The van der Waals surface area contributed by atoms with Gasteiger partial charge >= 0.3 is 0 Å². The summed E-state index contributed by atoms with van der Waals surface area (Å²) in [5.41, 5.74) is 2.65. The Balaban J connectivity index is 1.70. The number of benzene rings is 3. The molecule has 0 saturated carbocycles. The van der Waals surface area contributed by atoms with Gasteiger partial charge in [-0.15, -0.1) is 0 Å². The van der Waals surface area contributed by atoms with E-state index in [1.54, 1.807) is 36.4 Å². The molecule has 0 unspecified atom stereocenters. The minimum absolute atomic E-state index is 0.272. The van der Waals surface area contributed by atoms with Gasteiger partial charge in [0.1, 0.15) is 0 Å². The molecule has 3 aromatic rings. The summed E-state index contributed by atoms with van der Waals surface area (Å²) in [6, 6.07) is 17.4. The van der Waals surface area contributed by atoms with Crippen LogP contribution in [-0.4, -0.2) is 25.5 Å². The molecule has 0 aromatic heterocycles. The van der Waals surface area contributed by atoms with Gasteiger partial charge in [0.25, 0.3) is 21.6 Å². The summed E-state index contributed by atoms with van der Waals surface area (Å²) in [5.74, 6) is -0.277. The van der Waals surface area contributed by atoms with Crippen molar-refractivity contribution in [2.75, 3.05) is 5.32 Å². The number of hydrazone groups is 1. The van der Waals surface area contributed by atoms with Crippen LogP contribution < -0.4 is 10.1 Å². The van der Waals surface area contributed by atoms with E-state index >= 15 is 0 Å². The van der Waals surface area contributed by atoms with E-state index in [4.69, 9.17) is 0 Å². The summed E-state index contributed by atoms with van der Waals surface area (Å²) in [4.78, 5) is 24.5. The second-order valence-corrected chi connectivity index (χ2v) is 8.66. The first-order chi connectivity index (χ1) is 15.2. The molecule has 164 valence electrons. The standard InChI is InChI=1S/C22H20N4O5S/c1-15-6-9-18(10-7-15)22(27)24-19-5-3-4-17(12-19)14-23-25-32(30,31)20-11-8-16(2)21(13-20)26(28)29/h3-14,25H,1-2H3,(H,24,27)/b23-14+. The molecule has 0 fully saturated rings. The van der Waals surface area contributed by atoms with Crippen LogP contribution in [0.3, 0.4) is 0 Å². The fourth-order valence-corrected chi connectivity index (χ4v) is 3.59. The van der Waals surface area contributed by atoms with Crippen LogP contribution in [-0.2, 0) is 10.0 Å². The Morgan fingerprint density at radius 2 is 1.75 bits per heavy atom. The van der Waals surface area contributed by atoms with Crippen molar-refractivity contribution in [3.63, 3.8) is 0 Å². The molecule has 10 heteroatoms. The molecule has 3 rings (SSSR count). The Bertz CT molecular complexity index is 1300. The van der Waals surface area contributed by atoms with Crippen molar-refractivity contribution in [3.8, 4) is 0 Å². The number of hydrogen-bond acceptors (Lipinski definition) is 6. The predicted molar refractivity (Wildman–Crippen MR) is 121 cm³/mol. The minimum atomic E-state index is -4.09. The smallest absolute Gasteiger partial charge is 0.276 e. The second-order valence-electron chi connectivity index (χ2n) is 7.00. The van der Waals surface area contributed by atoms with Gasteiger partial charge in [-0.05, 0) is 49.7 Å². The molecule has 0 aliphatic rings. The summed E-state index contributed by atoms with van der Waals surface area (Å²) in [6.45, 7) is 3.45. The van der Waals surface area contributed by atoms with Crippen molar-refractivity contribution in [2.24, 2.45) is 5.10 Å². The Morgan fingerprint density at radius 3 is 2.44 bits per heavy atom. The normalized spacial score (nSPS) is 11.3. The maximum Gasteiger partial charge on any atom is 0.276 e. The molecule has 9 nitrogen and oxygen atoms in total. The van der Waals surface area contributed by atoms with Crippen LogP contribution in [0.5, 0.6) is 0 Å². The lowest BCUT2D eigenvalue weighted by atomic mass is 10.1. The summed E-state index contributed by atoms with van der Waals surface area (Å²) < 4.78 is 24.8. The average molecular weight is 452 g/mol. The van der Waals surface area contributed by atoms with Crippen molar-refractivity contribution >= 4 is 33.5 Å². The fraction of sp³-hybridized carbons (Fsp3) is 0.0909. The topological polar surface area (TPSA) is 131 Å². The molecular formula is C22H20N4O5S. The molecule has 0 spiro atoms. The van der Waals surface area contributed by atoms with Gasteiger partial charge in [-0.3, -0.25) is 14.9 Å². The average Bonchev–Trinajstić information content (AvgIpc) is 2.74. The van der Waals surface area contributed by atoms with Gasteiger partial charge in [0.05, 0.1) is 16.0 Å². The van der Waals surface area contributed by atoms with Crippen LogP contribution in [0.4, 0.5) is 11.4 Å². The van der Waals surface area contributed by atoms with E-state index in [1.165, 1.54) is 25.3 Å². The third-order valence-corrected chi connectivity index (χ3v) is 5.75. The van der Waals surface area contributed by atoms with Crippen LogP contribution in [0.2, 0.25) is 0 Å². The zero-order valence-corrected chi connectivity index (χ0v) is 18.1. The van der Waals surface area contributed by atoms with E-state index in [-0.39, 0.29) is 16.5 Å². The highest BCUT2D eigenvalue weighted by atomic mass is 32.2. The molecule has 0 saturated heterocycles. The third-order valence-electron chi connectivity index (χ3n) is 4.53. The van der Waals surface area contributed by atoms with Gasteiger partial charge in [-0.1, -0.05) is 35.9 Å². The van der Waals surface area contributed by atoms with Crippen LogP contribution in [0.25, 0.3) is 0 Å². The number of nitro benzene ring substituents is 1. The van der Waals surface area contributed by atoms with E-state index in [2.05, 4.69) is 10.4 Å². The molecule has 3 aromatic carbocycles. The van der Waals surface area contributed by atoms with E-state index in [9.17, 15) is 23.3 Å². The van der Waals surface area contributed by atoms with E-state index in [0.717, 1.165) is 11.6 Å². The van der Waals surface area contributed by atoms with Gasteiger partial charge < -0.3 is 5.32 Å². The number of rotatable bonds is 7. The van der Waals surface area contributed by atoms with Gasteiger partial charge in [-0.2, -0.15) is 13.5 Å². The summed E-state index contributed by atoms with van der Waals surface area (Å²) in [7, 11) is -4.09. The fourth-order valence-electron chi connectivity index (χ4n) is 2.78. The highest BCUT2D eigenvalue weighted by Gasteiger charge is 2.19. The quantitative estimate of drug-likeness (QED) is 0.320. The van der Waals surface area contributed by atoms with Crippen molar-refractivity contribution in [1.82, 2.24) is 4.83 Å². The van der Waals surface area contributed by atoms with Crippen molar-refractivity contribution in [1.29, 1.82) is 0 Å².